The zero-order valence-corrected chi connectivity index (χ0v) is 11.7. The Balaban J connectivity index is 2.91. The Bertz CT molecular complexity index is 529. The van der Waals surface area contributed by atoms with Crippen LogP contribution < -0.4 is 0 Å². The first kappa shape index (κ1) is 16.5. The molecule has 0 bridgehead atoms. The largest absolute Gasteiger partial charge is 0.417 e. The molecule has 0 aliphatic carbocycles. The quantitative estimate of drug-likeness (QED) is 0.631. The van der Waals surface area contributed by atoms with E-state index in [0.717, 1.165) is 18.2 Å². The Morgan fingerprint density at radius 1 is 1.30 bits per heavy atom. The molecule has 0 unspecified atom stereocenters. The number of benzene rings is 1. The Morgan fingerprint density at radius 2 is 1.90 bits per heavy atom. The molecule has 1 aromatic carbocycles. The highest BCUT2D eigenvalue weighted by atomic mass is 35.5. The van der Waals surface area contributed by atoms with Crippen molar-refractivity contribution in [2.45, 2.75) is 19.5 Å². The van der Waals surface area contributed by atoms with Gasteiger partial charge in [0.25, 0.3) is 0 Å². The van der Waals surface area contributed by atoms with Gasteiger partial charge in [0.05, 0.1) is 17.0 Å². The van der Waals surface area contributed by atoms with Gasteiger partial charge >= 0.3 is 6.18 Å². The molecule has 7 heteroatoms. The van der Waals surface area contributed by atoms with Gasteiger partial charge in [-0.2, -0.15) is 13.2 Å². The summed E-state index contributed by atoms with van der Waals surface area (Å²) in [5.41, 5.74) is -1.02. The van der Waals surface area contributed by atoms with Crippen molar-refractivity contribution in [1.29, 1.82) is 0 Å². The van der Waals surface area contributed by atoms with Crippen molar-refractivity contribution in [3.63, 3.8) is 0 Å². The van der Waals surface area contributed by atoms with E-state index < -0.39 is 34.9 Å². The number of Topliss-reactive ketones (excluding diaryl/α,β-unsaturated/α-hetero) is 1. The van der Waals surface area contributed by atoms with Gasteiger partial charge in [0.2, 0.25) is 5.91 Å². The van der Waals surface area contributed by atoms with E-state index in [0.29, 0.717) is 6.54 Å². The molecular weight excluding hydrogens is 295 g/mol. The number of carbonyl (C=O) groups is 2. The van der Waals surface area contributed by atoms with Crippen molar-refractivity contribution in [3.8, 4) is 0 Å². The van der Waals surface area contributed by atoms with Crippen LogP contribution >= 0.6 is 11.6 Å². The lowest BCUT2D eigenvalue weighted by molar-refractivity contribution is -0.137. The third-order valence-electron chi connectivity index (χ3n) is 2.81. The van der Waals surface area contributed by atoms with Gasteiger partial charge in [-0.3, -0.25) is 9.59 Å². The second kappa shape index (κ2) is 6.26. The summed E-state index contributed by atoms with van der Waals surface area (Å²) in [6.45, 7) is 2.19. The summed E-state index contributed by atoms with van der Waals surface area (Å²) < 4.78 is 37.5. The smallest absolute Gasteiger partial charge is 0.346 e. The molecule has 0 saturated carbocycles. The second-order valence-corrected chi connectivity index (χ2v) is 4.61. The number of amides is 1. The Labute approximate surface area is 119 Å². The zero-order valence-electron chi connectivity index (χ0n) is 10.9. The third-order valence-corrected chi connectivity index (χ3v) is 3.12. The normalized spacial score (nSPS) is 11.3. The summed E-state index contributed by atoms with van der Waals surface area (Å²) in [5, 5.41) is -0.556. The predicted octanol–water partition coefficient (Wildman–Crippen LogP) is 3.41. The Hall–Kier alpha value is -1.56. The number of halogens is 4. The first-order chi connectivity index (χ1) is 9.16. The van der Waals surface area contributed by atoms with Crippen LogP contribution in [0, 0.1) is 0 Å². The summed E-state index contributed by atoms with van der Waals surface area (Å²) in [4.78, 5) is 24.7. The van der Waals surface area contributed by atoms with Crippen LogP contribution in [-0.2, 0) is 11.0 Å². The summed E-state index contributed by atoms with van der Waals surface area (Å²) >= 11 is 5.52. The minimum absolute atomic E-state index is 0.0131. The summed E-state index contributed by atoms with van der Waals surface area (Å²) in [7, 11) is 1.54. The number of rotatable bonds is 4. The van der Waals surface area contributed by atoms with Crippen molar-refractivity contribution < 1.29 is 22.8 Å². The maximum atomic E-state index is 12.5. The van der Waals surface area contributed by atoms with E-state index in [1.54, 1.807) is 6.92 Å². The first-order valence-electron chi connectivity index (χ1n) is 5.80. The Morgan fingerprint density at radius 3 is 2.35 bits per heavy atom. The first-order valence-corrected chi connectivity index (χ1v) is 6.18. The van der Waals surface area contributed by atoms with Crippen molar-refractivity contribution >= 4 is 23.3 Å². The van der Waals surface area contributed by atoms with E-state index >= 15 is 0 Å². The fourth-order valence-electron chi connectivity index (χ4n) is 1.47. The number of hydrogen-bond donors (Lipinski definition) is 0. The topological polar surface area (TPSA) is 37.4 Å². The molecular formula is C13H13ClF3NO2. The van der Waals surface area contributed by atoms with Crippen LogP contribution in [0.3, 0.4) is 0 Å². The molecule has 1 amide bonds. The molecule has 0 aliphatic rings. The van der Waals surface area contributed by atoms with Gasteiger partial charge in [-0.15, -0.1) is 0 Å². The fraction of sp³-hybridized carbons (Fsp3) is 0.385. The van der Waals surface area contributed by atoms with Gasteiger partial charge in [-0.05, 0) is 19.1 Å². The average Bonchev–Trinajstić information content (AvgIpc) is 2.35. The molecule has 0 N–H and O–H groups in total. The second-order valence-electron chi connectivity index (χ2n) is 4.20. The summed E-state index contributed by atoms with van der Waals surface area (Å²) in [5.74, 6) is -0.959. The number of nitrogens with zero attached hydrogens (tertiary/aromatic N) is 1. The van der Waals surface area contributed by atoms with Crippen LogP contribution in [0.2, 0.25) is 5.02 Å². The van der Waals surface area contributed by atoms with E-state index in [1.807, 2.05) is 0 Å². The van der Waals surface area contributed by atoms with E-state index in [9.17, 15) is 22.8 Å². The molecule has 0 spiro atoms. The fourth-order valence-corrected chi connectivity index (χ4v) is 1.76. The van der Waals surface area contributed by atoms with Crippen molar-refractivity contribution in [3.05, 3.63) is 34.3 Å². The number of carbonyl (C=O) groups excluding carboxylic acids is 2. The molecule has 1 rings (SSSR count). The molecule has 0 fully saturated rings. The van der Waals surface area contributed by atoms with Crippen LogP contribution in [-0.4, -0.2) is 30.2 Å². The summed E-state index contributed by atoms with van der Waals surface area (Å²) in [6, 6.07) is 2.70. The van der Waals surface area contributed by atoms with E-state index in [-0.39, 0.29) is 5.56 Å². The average molecular weight is 308 g/mol. The highest BCUT2D eigenvalue weighted by molar-refractivity contribution is 6.32. The van der Waals surface area contributed by atoms with E-state index in [2.05, 4.69) is 0 Å². The highest BCUT2D eigenvalue weighted by Crippen LogP contribution is 2.35. The van der Waals surface area contributed by atoms with Crippen LogP contribution in [0.4, 0.5) is 13.2 Å². The van der Waals surface area contributed by atoms with Crippen LogP contribution in [0.15, 0.2) is 18.2 Å². The molecule has 1 aromatic rings. The summed E-state index contributed by atoms with van der Waals surface area (Å²) in [6.07, 6.45) is -4.97. The minimum Gasteiger partial charge on any atom is -0.346 e. The van der Waals surface area contributed by atoms with Crippen molar-refractivity contribution in [2.24, 2.45) is 0 Å². The van der Waals surface area contributed by atoms with Crippen molar-refractivity contribution in [2.75, 3.05) is 13.6 Å². The van der Waals surface area contributed by atoms with Gasteiger partial charge in [0, 0.05) is 19.2 Å². The predicted molar refractivity (Wildman–Crippen MR) is 68.7 cm³/mol. The zero-order chi connectivity index (χ0) is 15.5. The van der Waals surface area contributed by atoms with Gasteiger partial charge in [-0.1, -0.05) is 17.7 Å². The van der Waals surface area contributed by atoms with Gasteiger partial charge in [0.1, 0.15) is 0 Å². The van der Waals surface area contributed by atoms with Gasteiger partial charge < -0.3 is 4.90 Å². The minimum atomic E-state index is -4.57. The molecule has 0 atom stereocenters. The molecule has 0 radical (unpaired) electrons. The van der Waals surface area contributed by atoms with Gasteiger partial charge in [0.15, 0.2) is 5.78 Å². The molecule has 0 aliphatic heterocycles. The number of alkyl halides is 3. The van der Waals surface area contributed by atoms with Crippen LogP contribution in [0.25, 0.3) is 0 Å². The molecule has 0 heterocycles. The maximum absolute atomic E-state index is 12.5. The van der Waals surface area contributed by atoms with E-state index in [4.69, 9.17) is 11.6 Å². The SMILES string of the molecule is CCN(C)C(=O)CC(=O)c1ccc(C(F)(F)F)c(Cl)c1. The number of ketones is 1. The van der Waals surface area contributed by atoms with Crippen LogP contribution in [0.1, 0.15) is 29.3 Å². The molecule has 3 nitrogen and oxygen atoms in total. The monoisotopic (exact) mass is 307 g/mol. The lowest BCUT2D eigenvalue weighted by Crippen LogP contribution is -2.28. The molecule has 0 saturated heterocycles. The standard InChI is InChI=1S/C13H13ClF3NO2/c1-3-18(2)12(20)7-11(19)8-4-5-9(10(14)6-8)13(15,16)17/h4-6H,3,7H2,1-2H3. The molecule has 20 heavy (non-hydrogen) atoms. The number of hydrogen-bond acceptors (Lipinski definition) is 2. The lowest BCUT2D eigenvalue weighted by atomic mass is 10.1. The van der Waals surface area contributed by atoms with Gasteiger partial charge in [-0.25, -0.2) is 0 Å². The van der Waals surface area contributed by atoms with Crippen molar-refractivity contribution in [1.82, 2.24) is 4.90 Å². The van der Waals surface area contributed by atoms with Crippen LogP contribution in [0.5, 0.6) is 0 Å². The molecule has 110 valence electrons. The lowest BCUT2D eigenvalue weighted by Gasteiger charge is -2.14. The highest BCUT2D eigenvalue weighted by Gasteiger charge is 2.33. The van der Waals surface area contributed by atoms with E-state index in [1.165, 1.54) is 11.9 Å². The third kappa shape index (κ3) is 3.96. The maximum Gasteiger partial charge on any atom is 0.417 e. The Kier molecular flexibility index (Phi) is 5.16. The molecule has 0 aromatic heterocycles.